The van der Waals surface area contributed by atoms with Crippen LogP contribution in [0.4, 0.5) is 5.69 Å². The van der Waals surface area contributed by atoms with Crippen LogP contribution in [0.3, 0.4) is 0 Å². The number of carbonyl (C=O) groups excluding carboxylic acids is 2. The quantitative estimate of drug-likeness (QED) is 0.593. The molecule has 2 aromatic rings. The maximum atomic E-state index is 12.6. The third-order valence-electron chi connectivity index (χ3n) is 3.38. The van der Waals surface area contributed by atoms with Crippen LogP contribution in [0.25, 0.3) is 0 Å². The summed E-state index contributed by atoms with van der Waals surface area (Å²) < 4.78 is 9.90. The lowest BCUT2D eigenvalue weighted by Gasteiger charge is -2.13. The summed E-state index contributed by atoms with van der Waals surface area (Å²) in [4.78, 5) is 24.9. The zero-order valence-electron chi connectivity index (χ0n) is 14.4. The van der Waals surface area contributed by atoms with Crippen molar-refractivity contribution in [1.29, 1.82) is 5.26 Å². The topological polar surface area (TPSA) is 88.4 Å². The number of nitriles is 1. The first kappa shape index (κ1) is 19.3. The lowest BCUT2D eigenvalue weighted by molar-refractivity contribution is -0.139. The highest BCUT2D eigenvalue weighted by atomic mass is 32.2. The number of anilines is 1. The molecule has 0 saturated carbocycles. The second-order valence-corrected chi connectivity index (χ2v) is 6.59. The van der Waals surface area contributed by atoms with Gasteiger partial charge in [0.2, 0.25) is 0 Å². The Balaban J connectivity index is 2.10. The van der Waals surface area contributed by atoms with Crippen LogP contribution < -0.4 is 10.1 Å². The number of nitrogens with one attached hydrogen (secondary N) is 1. The van der Waals surface area contributed by atoms with Crippen LogP contribution in [-0.4, -0.2) is 30.8 Å². The molecule has 0 aliphatic carbocycles. The van der Waals surface area contributed by atoms with Crippen LogP contribution in [0.5, 0.6) is 5.75 Å². The fourth-order valence-corrected chi connectivity index (χ4v) is 3.13. The van der Waals surface area contributed by atoms with Crippen LogP contribution in [-0.2, 0) is 9.53 Å². The summed E-state index contributed by atoms with van der Waals surface area (Å²) in [5.74, 6) is -0.0820. The van der Waals surface area contributed by atoms with Gasteiger partial charge in [0, 0.05) is 10.6 Å². The van der Waals surface area contributed by atoms with Crippen molar-refractivity contribution in [2.75, 3.05) is 19.0 Å². The van der Waals surface area contributed by atoms with Crippen molar-refractivity contribution in [3.63, 3.8) is 0 Å². The summed E-state index contributed by atoms with van der Waals surface area (Å²) in [6.45, 7) is 1.69. The zero-order chi connectivity index (χ0) is 18.9. The first-order chi connectivity index (χ1) is 12.5. The highest BCUT2D eigenvalue weighted by Crippen LogP contribution is 2.28. The van der Waals surface area contributed by atoms with Gasteiger partial charge in [-0.3, -0.25) is 9.59 Å². The Morgan fingerprint density at radius 3 is 2.54 bits per heavy atom. The van der Waals surface area contributed by atoms with Crippen LogP contribution in [0.2, 0.25) is 0 Å². The lowest BCUT2D eigenvalue weighted by Crippen LogP contribution is -2.17. The second kappa shape index (κ2) is 9.49. The van der Waals surface area contributed by atoms with E-state index in [2.05, 4.69) is 5.32 Å². The molecule has 0 spiro atoms. The standard InChI is InChI=1S/C19H18N2O4S/c1-13(19(23)24-2)26-17-6-4-3-5-16(17)18(22)21-14-7-9-15(10-8-14)25-12-11-20/h3-10,13H,12H2,1-2H3,(H,21,22)/t13-/m1/s1. The van der Waals surface area contributed by atoms with Gasteiger partial charge in [-0.25, -0.2) is 0 Å². The first-order valence-corrected chi connectivity index (χ1v) is 8.67. The average molecular weight is 370 g/mol. The maximum absolute atomic E-state index is 12.6. The van der Waals surface area contributed by atoms with Crippen molar-refractivity contribution < 1.29 is 19.1 Å². The van der Waals surface area contributed by atoms with E-state index in [1.807, 2.05) is 12.1 Å². The summed E-state index contributed by atoms with van der Waals surface area (Å²) in [6, 6.07) is 15.7. The average Bonchev–Trinajstić information content (AvgIpc) is 2.67. The number of carbonyl (C=O) groups is 2. The van der Waals surface area contributed by atoms with Crippen molar-refractivity contribution in [3.05, 3.63) is 54.1 Å². The Hall–Kier alpha value is -2.98. The number of thioether (sulfide) groups is 1. The zero-order valence-corrected chi connectivity index (χ0v) is 15.2. The van der Waals surface area contributed by atoms with Gasteiger partial charge in [-0.15, -0.1) is 11.8 Å². The molecule has 1 atom stereocenters. The molecule has 7 heteroatoms. The van der Waals surface area contributed by atoms with Crippen molar-refractivity contribution in [1.82, 2.24) is 0 Å². The van der Waals surface area contributed by atoms with E-state index in [1.54, 1.807) is 49.4 Å². The number of hydrogen-bond acceptors (Lipinski definition) is 6. The number of esters is 1. The van der Waals surface area contributed by atoms with Gasteiger partial charge in [-0.05, 0) is 43.3 Å². The molecular weight excluding hydrogens is 352 g/mol. The first-order valence-electron chi connectivity index (χ1n) is 7.80. The molecule has 1 amide bonds. The molecular formula is C19H18N2O4S. The molecule has 2 rings (SSSR count). The van der Waals surface area contributed by atoms with Gasteiger partial charge in [-0.1, -0.05) is 12.1 Å². The van der Waals surface area contributed by atoms with Gasteiger partial charge < -0.3 is 14.8 Å². The largest absolute Gasteiger partial charge is 0.479 e. The molecule has 0 aliphatic heterocycles. The summed E-state index contributed by atoms with van der Waals surface area (Å²) in [7, 11) is 1.34. The third-order valence-corrected chi connectivity index (χ3v) is 4.54. The molecule has 0 bridgehead atoms. The monoisotopic (exact) mass is 370 g/mol. The number of nitrogens with zero attached hydrogens (tertiary/aromatic N) is 1. The highest BCUT2D eigenvalue weighted by Gasteiger charge is 2.19. The van der Waals surface area contributed by atoms with E-state index in [4.69, 9.17) is 14.7 Å². The van der Waals surface area contributed by atoms with Crippen LogP contribution in [0, 0.1) is 11.3 Å². The van der Waals surface area contributed by atoms with E-state index in [0.717, 1.165) is 0 Å². The van der Waals surface area contributed by atoms with Crippen molar-refractivity contribution in [2.45, 2.75) is 17.1 Å². The fraction of sp³-hybridized carbons (Fsp3) is 0.211. The lowest BCUT2D eigenvalue weighted by atomic mass is 10.2. The molecule has 1 N–H and O–H groups in total. The summed E-state index contributed by atoms with van der Waals surface area (Å²) >= 11 is 1.27. The van der Waals surface area contributed by atoms with E-state index in [1.165, 1.54) is 18.9 Å². The van der Waals surface area contributed by atoms with Gasteiger partial charge in [-0.2, -0.15) is 5.26 Å². The Labute approximate surface area is 156 Å². The summed E-state index contributed by atoms with van der Waals surface area (Å²) in [6.07, 6.45) is 0. The number of benzene rings is 2. The molecule has 0 aliphatic rings. The normalized spacial score (nSPS) is 11.1. The minimum atomic E-state index is -0.425. The maximum Gasteiger partial charge on any atom is 0.318 e. The molecule has 0 saturated heterocycles. The van der Waals surface area contributed by atoms with Crippen LogP contribution in [0.15, 0.2) is 53.4 Å². The Morgan fingerprint density at radius 2 is 1.88 bits per heavy atom. The van der Waals surface area contributed by atoms with Crippen LogP contribution >= 0.6 is 11.8 Å². The molecule has 134 valence electrons. The minimum absolute atomic E-state index is 0.0331. The van der Waals surface area contributed by atoms with Crippen molar-refractivity contribution in [2.24, 2.45) is 0 Å². The molecule has 6 nitrogen and oxygen atoms in total. The minimum Gasteiger partial charge on any atom is -0.479 e. The van der Waals surface area contributed by atoms with Gasteiger partial charge in [0.1, 0.15) is 17.1 Å². The fourth-order valence-electron chi connectivity index (χ4n) is 2.11. The van der Waals surface area contributed by atoms with E-state index in [-0.39, 0.29) is 18.5 Å². The number of amides is 1. The van der Waals surface area contributed by atoms with E-state index < -0.39 is 5.25 Å². The van der Waals surface area contributed by atoms with Crippen LogP contribution in [0.1, 0.15) is 17.3 Å². The third kappa shape index (κ3) is 5.26. The number of ether oxygens (including phenoxy) is 2. The molecule has 0 aromatic heterocycles. The smallest absolute Gasteiger partial charge is 0.318 e. The SMILES string of the molecule is COC(=O)[C@@H](C)Sc1ccccc1C(=O)Nc1ccc(OCC#N)cc1. The molecule has 0 radical (unpaired) electrons. The molecule has 0 unspecified atom stereocenters. The van der Waals surface area contributed by atoms with Gasteiger partial charge in [0.15, 0.2) is 6.61 Å². The number of methoxy groups -OCH3 is 1. The van der Waals surface area contributed by atoms with Gasteiger partial charge in [0.25, 0.3) is 5.91 Å². The Bertz CT molecular complexity index is 815. The summed E-state index contributed by atoms with van der Waals surface area (Å²) in [5.41, 5.74) is 1.07. The predicted octanol–water partition coefficient (Wildman–Crippen LogP) is 3.49. The van der Waals surface area contributed by atoms with Gasteiger partial charge in [0.05, 0.1) is 12.7 Å². The van der Waals surface area contributed by atoms with E-state index >= 15 is 0 Å². The molecule has 26 heavy (non-hydrogen) atoms. The number of hydrogen-bond donors (Lipinski definition) is 1. The molecule has 2 aromatic carbocycles. The number of rotatable bonds is 7. The van der Waals surface area contributed by atoms with E-state index in [9.17, 15) is 9.59 Å². The Morgan fingerprint density at radius 1 is 1.19 bits per heavy atom. The second-order valence-electron chi connectivity index (χ2n) is 5.20. The van der Waals surface area contributed by atoms with E-state index in [0.29, 0.717) is 21.9 Å². The van der Waals surface area contributed by atoms with Gasteiger partial charge >= 0.3 is 5.97 Å². The molecule has 0 fully saturated rings. The summed E-state index contributed by atoms with van der Waals surface area (Å²) in [5, 5.41) is 10.9. The Kier molecular flexibility index (Phi) is 7.06. The highest BCUT2D eigenvalue weighted by molar-refractivity contribution is 8.00. The van der Waals surface area contributed by atoms with Crippen molar-refractivity contribution >= 4 is 29.3 Å². The predicted molar refractivity (Wildman–Crippen MR) is 99.3 cm³/mol. The van der Waals surface area contributed by atoms with Crippen molar-refractivity contribution in [3.8, 4) is 11.8 Å². The molecule has 0 heterocycles.